The summed E-state index contributed by atoms with van der Waals surface area (Å²) in [5.74, 6) is 2.05. The Bertz CT molecular complexity index is 724. The van der Waals surface area contributed by atoms with Crippen LogP contribution in [0.25, 0.3) is 0 Å². The molecule has 1 aromatic rings. The van der Waals surface area contributed by atoms with Gasteiger partial charge in [0.2, 0.25) is 5.91 Å². The molecule has 1 aromatic carbocycles. The summed E-state index contributed by atoms with van der Waals surface area (Å²) >= 11 is -0.755. The summed E-state index contributed by atoms with van der Waals surface area (Å²) in [6.45, 7) is 0.712. The second kappa shape index (κ2) is 6.78. The second-order valence-corrected chi connectivity index (χ2v) is 9.41. The molecule has 26 heavy (non-hydrogen) atoms. The van der Waals surface area contributed by atoms with E-state index >= 15 is 0 Å². The molecule has 6 nitrogen and oxygen atoms in total. The highest BCUT2D eigenvalue weighted by Gasteiger charge is 2.55. The quantitative estimate of drug-likeness (QED) is 0.601. The predicted octanol–water partition coefficient (Wildman–Crippen LogP) is 1.80. The summed E-state index contributed by atoms with van der Waals surface area (Å²) in [5, 5.41) is 2.93. The van der Waals surface area contributed by atoms with Crippen LogP contribution in [-0.2, 0) is 16.0 Å². The smallest absolute Gasteiger partial charge is 0.252 e. The third-order valence-corrected chi connectivity index (χ3v) is 7.01. The first-order chi connectivity index (χ1) is 12.4. The number of benzene rings is 1. The molecule has 0 aromatic heterocycles. The number of hydrogen-bond donors (Lipinski definition) is 3. The molecule has 3 aliphatic rings. The van der Waals surface area contributed by atoms with Crippen molar-refractivity contribution in [2.45, 2.75) is 43.6 Å². The fraction of sp³-hybridized carbons (Fsp3) is 0.579. The van der Waals surface area contributed by atoms with E-state index < -0.39 is 22.6 Å². The monoisotopic (exact) mass is 377 g/mol. The van der Waals surface area contributed by atoms with E-state index in [1.165, 1.54) is 31.2 Å². The molecule has 1 heterocycles. The molecule has 1 saturated heterocycles. The van der Waals surface area contributed by atoms with E-state index in [1.54, 1.807) is 0 Å². The number of nitrogens with one attached hydrogen (secondary N) is 1. The highest BCUT2D eigenvalue weighted by atomic mass is 32.2. The first kappa shape index (κ1) is 17.7. The molecule has 140 valence electrons. The molecule has 4 rings (SSSR count). The van der Waals surface area contributed by atoms with Gasteiger partial charge in [-0.15, -0.1) is 0 Å². The number of hydrogen-bond acceptors (Lipinski definition) is 4. The number of carbonyl (C=O) groups is 2. The topological polar surface area (TPSA) is 102 Å². The standard InChI is InChI=1S/C19H24N2O4S/c20-17(22)8-19(10-26(24)11-19)21-18(23)14-5-6-15(13-3-4-13)16(7-14)25-9-12-1-2-12/h5-7,12-13,24H,1-4,8-11H2,(H2-,20,21,22,23)/p+1. The highest BCUT2D eigenvalue weighted by Crippen LogP contribution is 2.45. The summed E-state index contributed by atoms with van der Waals surface area (Å²) in [5.41, 5.74) is 6.31. The lowest BCUT2D eigenvalue weighted by molar-refractivity contribution is -0.119. The zero-order valence-electron chi connectivity index (χ0n) is 14.7. The van der Waals surface area contributed by atoms with Crippen molar-refractivity contribution in [3.63, 3.8) is 0 Å². The normalized spacial score (nSPS) is 27.5. The zero-order valence-corrected chi connectivity index (χ0v) is 15.5. The van der Waals surface area contributed by atoms with Crippen molar-refractivity contribution < 1.29 is 18.9 Å². The molecule has 0 bridgehead atoms. The van der Waals surface area contributed by atoms with Gasteiger partial charge in [0.05, 0.1) is 13.0 Å². The molecule has 4 N–H and O–H groups in total. The van der Waals surface area contributed by atoms with Crippen molar-refractivity contribution >= 4 is 23.0 Å². The first-order valence-corrected chi connectivity index (χ1v) is 10.7. The van der Waals surface area contributed by atoms with Gasteiger partial charge in [-0.3, -0.25) is 9.59 Å². The number of primary amides is 1. The van der Waals surface area contributed by atoms with E-state index in [9.17, 15) is 14.1 Å². The lowest BCUT2D eigenvalue weighted by Crippen LogP contribution is -2.66. The molecule has 0 unspecified atom stereocenters. The Hall–Kier alpha value is -1.73. The van der Waals surface area contributed by atoms with Gasteiger partial charge in [-0.1, -0.05) is 6.07 Å². The van der Waals surface area contributed by atoms with Crippen LogP contribution in [0.3, 0.4) is 0 Å². The molecule has 2 aliphatic carbocycles. The van der Waals surface area contributed by atoms with E-state index in [-0.39, 0.29) is 12.3 Å². The molecule has 2 saturated carbocycles. The van der Waals surface area contributed by atoms with Crippen LogP contribution in [0, 0.1) is 5.92 Å². The molecule has 1 aliphatic heterocycles. The minimum absolute atomic E-state index is 0.0496. The van der Waals surface area contributed by atoms with E-state index in [2.05, 4.69) is 5.32 Å². The van der Waals surface area contributed by atoms with Crippen molar-refractivity contribution in [1.82, 2.24) is 5.32 Å². The van der Waals surface area contributed by atoms with Crippen molar-refractivity contribution in [1.29, 1.82) is 0 Å². The number of ether oxygens (including phenoxy) is 1. The third kappa shape index (κ3) is 3.99. The average molecular weight is 377 g/mol. The minimum atomic E-state index is -0.755. The molecule has 0 spiro atoms. The van der Waals surface area contributed by atoms with Crippen LogP contribution in [0.4, 0.5) is 0 Å². The maximum absolute atomic E-state index is 12.7. The number of carbonyl (C=O) groups excluding carboxylic acids is 2. The molecule has 0 atom stereocenters. The summed E-state index contributed by atoms with van der Waals surface area (Å²) in [7, 11) is 0. The Morgan fingerprint density at radius 3 is 2.58 bits per heavy atom. The Morgan fingerprint density at radius 2 is 2.00 bits per heavy atom. The third-order valence-electron chi connectivity index (χ3n) is 5.24. The van der Waals surface area contributed by atoms with Crippen LogP contribution < -0.4 is 15.8 Å². The van der Waals surface area contributed by atoms with Crippen molar-refractivity contribution in [2.75, 3.05) is 18.1 Å². The summed E-state index contributed by atoms with van der Waals surface area (Å²) in [6.07, 6.45) is 4.83. The highest BCUT2D eigenvalue weighted by molar-refractivity contribution is 7.93. The Kier molecular flexibility index (Phi) is 4.61. The first-order valence-electron chi connectivity index (χ1n) is 9.18. The van der Waals surface area contributed by atoms with Crippen LogP contribution in [0.5, 0.6) is 5.75 Å². The van der Waals surface area contributed by atoms with Crippen LogP contribution >= 0.6 is 0 Å². The summed E-state index contributed by atoms with van der Waals surface area (Å²) in [4.78, 5) is 24.1. The molecular formula is C19H25N2O4S+. The Balaban J connectivity index is 1.49. The van der Waals surface area contributed by atoms with Gasteiger partial charge in [0.1, 0.15) is 22.5 Å². The zero-order chi connectivity index (χ0) is 18.3. The molecule has 7 heteroatoms. The molecule has 3 fully saturated rings. The van der Waals surface area contributed by atoms with Gasteiger partial charge in [0.15, 0.2) is 11.5 Å². The van der Waals surface area contributed by atoms with Crippen LogP contribution in [0.2, 0.25) is 0 Å². The minimum Gasteiger partial charge on any atom is -0.493 e. The largest absolute Gasteiger partial charge is 0.493 e. The Morgan fingerprint density at radius 1 is 1.27 bits per heavy atom. The van der Waals surface area contributed by atoms with Gasteiger partial charge in [-0.05, 0) is 55.2 Å². The number of amides is 2. The lowest BCUT2D eigenvalue weighted by Gasteiger charge is -2.36. The van der Waals surface area contributed by atoms with Crippen LogP contribution in [0.15, 0.2) is 18.2 Å². The average Bonchev–Trinajstić information content (AvgIpc) is 3.44. The van der Waals surface area contributed by atoms with E-state index in [0.29, 0.717) is 35.5 Å². The second-order valence-electron chi connectivity index (χ2n) is 7.91. The summed E-state index contributed by atoms with van der Waals surface area (Å²) < 4.78 is 15.7. The molecular weight excluding hydrogens is 352 g/mol. The summed E-state index contributed by atoms with van der Waals surface area (Å²) in [6, 6.07) is 5.63. The van der Waals surface area contributed by atoms with Crippen LogP contribution in [0.1, 0.15) is 53.9 Å². The fourth-order valence-electron chi connectivity index (χ4n) is 3.48. The maximum Gasteiger partial charge on any atom is 0.252 e. The van der Waals surface area contributed by atoms with Gasteiger partial charge in [0.25, 0.3) is 5.91 Å². The molecule has 2 amide bonds. The maximum atomic E-state index is 12.7. The SMILES string of the molecule is NC(=O)CC1(NC(=O)c2ccc(C3CC3)c(OCC3CC3)c2)C[S+](O)C1. The van der Waals surface area contributed by atoms with Gasteiger partial charge in [-0.25, -0.2) is 0 Å². The lowest BCUT2D eigenvalue weighted by atomic mass is 9.97. The van der Waals surface area contributed by atoms with Gasteiger partial charge in [0, 0.05) is 5.56 Å². The number of rotatable bonds is 8. The predicted molar refractivity (Wildman–Crippen MR) is 100 cm³/mol. The van der Waals surface area contributed by atoms with Crippen molar-refractivity contribution in [2.24, 2.45) is 11.7 Å². The Labute approximate surface area is 156 Å². The van der Waals surface area contributed by atoms with Gasteiger partial charge < -0.3 is 15.8 Å². The van der Waals surface area contributed by atoms with E-state index in [4.69, 9.17) is 10.5 Å². The number of nitrogens with two attached hydrogens (primary N) is 1. The van der Waals surface area contributed by atoms with E-state index in [1.807, 2.05) is 18.2 Å². The molecule has 0 radical (unpaired) electrons. The van der Waals surface area contributed by atoms with Gasteiger partial charge >= 0.3 is 0 Å². The van der Waals surface area contributed by atoms with Gasteiger partial charge in [-0.2, -0.15) is 4.55 Å². The van der Waals surface area contributed by atoms with Crippen molar-refractivity contribution in [3.05, 3.63) is 29.3 Å². The van der Waals surface area contributed by atoms with Crippen molar-refractivity contribution in [3.8, 4) is 5.75 Å². The fourth-order valence-corrected chi connectivity index (χ4v) is 5.02. The van der Waals surface area contributed by atoms with E-state index in [0.717, 1.165) is 5.75 Å². The van der Waals surface area contributed by atoms with Crippen LogP contribution in [-0.4, -0.2) is 40.0 Å².